The Labute approximate surface area is 165 Å². The second kappa shape index (κ2) is 6.55. The monoisotopic (exact) mass is 374 g/mol. The lowest BCUT2D eigenvalue weighted by Gasteiger charge is -2.19. The second-order valence-corrected chi connectivity index (χ2v) is 7.70. The van der Waals surface area contributed by atoms with Gasteiger partial charge in [0.15, 0.2) is 0 Å². The number of anilines is 1. The average Bonchev–Trinajstić information content (AvgIpc) is 2.65. The number of aryl methyl sites for hydroxylation is 4. The highest BCUT2D eigenvalue weighted by Gasteiger charge is 2.24. The SMILES string of the molecule is Cc1cc2c(cc1F)nc(C)c(-c1cc(N(C)C)c3ccccc3c1C)[n+]2C. The molecule has 0 aliphatic heterocycles. The molecule has 3 aromatic carbocycles. The van der Waals surface area contributed by atoms with Crippen molar-refractivity contribution in [3.05, 3.63) is 65.1 Å². The highest BCUT2D eigenvalue weighted by molar-refractivity contribution is 6.00. The third-order valence-corrected chi connectivity index (χ3v) is 5.61. The zero-order chi connectivity index (χ0) is 20.2. The van der Waals surface area contributed by atoms with Crippen LogP contribution >= 0.6 is 0 Å². The molecule has 4 heteroatoms. The first-order chi connectivity index (χ1) is 13.3. The molecule has 0 aliphatic carbocycles. The fraction of sp³-hybridized carbons (Fsp3) is 0.250. The van der Waals surface area contributed by atoms with Gasteiger partial charge in [-0.1, -0.05) is 24.3 Å². The van der Waals surface area contributed by atoms with E-state index in [-0.39, 0.29) is 5.82 Å². The number of fused-ring (bicyclic) bond motifs is 2. The van der Waals surface area contributed by atoms with Crippen LogP contribution in [-0.4, -0.2) is 19.1 Å². The van der Waals surface area contributed by atoms with Crippen molar-refractivity contribution >= 4 is 27.5 Å². The van der Waals surface area contributed by atoms with E-state index >= 15 is 0 Å². The quantitative estimate of drug-likeness (QED) is 0.460. The van der Waals surface area contributed by atoms with Gasteiger partial charge >= 0.3 is 0 Å². The predicted octanol–water partition coefficient (Wildman–Crippen LogP) is 5.01. The van der Waals surface area contributed by atoms with E-state index in [2.05, 4.69) is 60.8 Å². The lowest BCUT2D eigenvalue weighted by molar-refractivity contribution is -0.634. The highest BCUT2D eigenvalue weighted by atomic mass is 19.1. The number of halogens is 1. The Bertz CT molecular complexity index is 1240. The Morgan fingerprint density at radius 2 is 1.64 bits per heavy atom. The summed E-state index contributed by atoms with van der Waals surface area (Å²) in [6.07, 6.45) is 0. The molecule has 0 fully saturated rings. The Morgan fingerprint density at radius 3 is 2.32 bits per heavy atom. The third-order valence-electron chi connectivity index (χ3n) is 5.61. The minimum Gasteiger partial charge on any atom is -0.377 e. The van der Waals surface area contributed by atoms with E-state index in [1.165, 1.54) is 28.1 Å². The van der Waals surface area contributed by atoms with Crippen LogP contribution in [0, 0.1) is 26.6 Å². The number of rotatable bonds is 2. The number of benzene rings is 3. The summed E-state index contributed by atoms with van der Waals surface area (Å²) < 4.78 is 16.2. The molecular weight excluding hydrogens is 349 g/mol. The molecule has 0 N–H and O–H groups in total. The van der Waals surface area contributed by atoms with Crippen LogP contribution < -0.4 is 9.47 Å². The summed E-state index contributed by atoms with van der Waals surface area (Å²) in [5.74, 6) is -0.219. The number of hydrogen-bond donors (Lipinski definition) is 0. The molecule has 1 heterocycles. The maximum Gasteiger partial charge on any atom is 0.234 e. The summed E-state index contributed by atoms with van der Waals surface area (Å²) in [6.45, 7) is 5.95. The van der Waals surface area contributed by atoms with Crippen molar-refractivity contribution in [1.82, 2.24) is 4.98 Å². The van der Waals surface area contributed by atoms with Crippen LogP contribution in [0.3, 0.4) is 0 Å². The van der Waals surface area contributed by atoms with Crippen LogP contribution in [0.15, 0.2) is 42.5 Å². The molecule has 3 nitrogen and oxygen atoms in total. The zero-order valence-electron chi connectivity index (χ0n) is 17.3. The minimum atomic E-state index is -0.219. The van der Waals surface area contributed by atoms with Crippen LogP contribution in [0.25, 0.3) is 33.1 Å². The number of hydrogen-bond acceptors (Lipinski definition) is 2. The molecule has 1 aromatic heterocycles. The fourth-order valence-electron chi connectivity index (χ4n) is 4.10. The van der Waals surface area contributed by atoms with Crippen molar-refractivity contribution in [2.45, 2.75) is 20.8 Å². The van der Waals surface area contributed by atoms with Crippen molar-refractivity contribution in [1.29, 1.82) is 0 Å². The molecule has 0 saturated heterocycles. The van der Waals surface area contributed by atoms with Crippen LogP contribution in [0.5, 0.6) is 0 Å². The van der Waals surface area contributed by atoms with Gasteiger partial charge in [-0.2, -0.15) is 4.57 Å². The Hall–Kier alpha value is -3.01. The van der Waals surface area contributed by atoms with Gasteiger partial charge < -0.3 is 4.90 Å². The lowest BCUT2D eigenvalue weighted by Crippen LogP contribution is -2.34. The van der Waals surface area contributed by atoms with Gasteiger partial charge in [-0.15, -0.1) is 0 Å². The maximum atomic E-state index is 14.1. The Balaban J connectivity index is 2.12. The summed E-state index contributed by atoms with van der Waals surface area (Å²) in [7, 11) is 6.17. The first kappa shape index (κ1) is 18.4. The van der Waals surface area contributed by atoms with E-state index < -0.39 is 0 Å². The molecule has 0 radical (unpaired) electrons. The highest BCUT2D eigenvalue weighted by Crippen LogP contribution is 2.36. The van der Waals surface area contributed by atoms with E-state index in [0.29, 0.717) is 11.1 Å². The standard InChI is InChI=1S/C24H25FN3/c1-14-11-23-21(13-20(14)25)26-16(3)24(28(23)6)19-12-22(27(4)5)18-10-8-7-9-17(18)15(19)2/h7-13H,1-6H3/q+1. The molecule has 0 unspecified atom stereocenters. The minimum absolute atomic E-state index is 0.219. The smallest absolute Gasteiger partial charge is 0.234 e. The average molecular weight is 374 g/mol. The van der Waals surface area contributed by atoms with Crippen molar-refractivity contribution in [2.24, 2.45) is 7.05 Å². The summed E-state index contributed by atoms with van der Waals surface area (Å²) in [5, 5.41) is 2.47. The Kier molecular flexibility index (Phi) is 4.30. The van der Waals surface area contributed by atoms with Gasteiger partial charge in [-0.3, -0.25) is 0 Å². The maximum absolute atomic E-state index is 14.1. The van der Waals surface area contributed by atoms with Crippen LogP contribution in [-0.2, 0) is 7.05 Å². The van der Waals surface area contributed by atoms with Gasteiger partial charge in [0, 0.05) is 37.3 Å². The second-order valence-electron chi connectivity index (χ2n) is 7.70. The van der Waals surface area contributed by atoms with Crippen LogP contribution in [0.2, 0.25) is 0 Å². The van der Waals surface area contributed by atoms with Gasteiger partial charge in [0.1, 0.15) is 24.1 Å². The van der Waals surface area contributed by atoms with E-state index in [9.17, 15) is 4.39 Å². The Morgan fingerprint density at radius 1 is 0.964 bits per heavy atom. The van der Waals surface area contributed by atoms with Crippen molar-refractivity contribution in [3.8, 4) is 11.3 Å². The molecule has 0 bridgehead atoms. The first-order valence-corrected chi connectivity index (χ1v) is 9.46. The van der Waals surface area contributed by atoms with Crippen molar-refractivity contribution in [2.75, 3.05) is 19.0 Å². The van der Waals surface area contributed by atoms with Gasteiger partial charge in [0.2, 0.25) is 11.2 Å². The van der Waals surface area contributed by atoms with Crippen molar-refractivity contribution in [3.63, 3.8) is 0 Å². The molecule has 0 spiro atoms. The number of nitrogens with zero attached hydrogens (tertiary/aromatic N) is 3. The van der Waals surface area contributed by atoms with E-state index in [0.717, 1.165) is 22.5 Å². The summed E-state index contributed by atoms with van der Waals surface area (Å²) in [6, 6.07) is 14.1. The summed E-state index contributed by atoms with van der Waals surface area (Å²) >= 11 is 0. The van der Waals surface area contributed by atoms with Crippen LogP contribution in [0.4, 0.5) is 10.1 Å². The summed E-state index contributed by atoms with van der Waals surface area (Å²) in [5.41, 5.74) is 7.73. The van der Waals surface area contributed by atoms with Gasteiger partial charge in [0.05, 0.1) is 5.56 Å². The molecule has 0 amide bonds. The first-order valence-electron chi connectivity index (χ1n) is 9.46. The normalized spacial score (nSPS) is 11.4. The number of aromatic nitrogens is 2. The van der Waals surface area contributed by atoms with Crippen molar-refractivity contribution < 1.29 is 8.96 Å². The van der Waals surface area contributed by atoms with Gasteiger partial charge in [-0.25, -0.2) is 9.37 Å². The molecule has 0 aliphatic rings. The molecule has 0 saturated carbocycles. The third kappa shape index (κ3) is 2.71. The molecule has 4 aromatic rings. The molecule has 0 atom stereocenters. The molecule has 28 heavy (non-hydrogen) atoms. The van der Waals surface area contributed by atoms with Crippen LogP contribution in [0.1, 0.15) is 16.8 Å². The summed E-state index contributed by atoms with van der Waals surface area (Å²) in [4.78, 5) is 6.88. The van der Waals surface area contributed by atoms with E-state index in [4.69, 9.17) is 4.98 Å². The van der Waals surface area contributed by atoms with E-state index in [1.54, 1.807) is 6.92 Å². The zero-order valence-corrected chi connectivity index (χ0v) is 17.3. The molecule has 4 rings (SSSR count). The van der Waals surface area contributed by atoms with Gasteiger partial charge in [-0.05, 0) is 43.4 Å². The molecule has 142 valence electrons. The lowest BCUT2D eigenvalue weighted by atomic mass is 9.95. The largest absolute Gasteiger partial charge is 0.377 e. The fourth-order valence-corrected chi connectivity index (χ4v) is 4.10. The van der Waals surface area contributed by atoms with E-state index in [1.807, 2.05) is 20.0 Å². The molecular formula is C24H25FN3+. The topological polar surface area (TPSA) is 20.0 Å². The van der Waals surface area contributed by atoms with Gasteiger partial charge in [0.25, 0.3) is 0 Å². The predicted molar refractivity (Wildman–Crippen MR) is 114 cm³/mol.